The molecule has 0 bridgehead atoms. The van der Waals surface area contributed by atoms with Crippen LogP contribution in [0.25, 0.3) is 0 Å². The van der Waals surface area contributed by atoms with Gasteiger partial charge >= 0.3 is 0 Å². The van der Waals surface area contributed by atoms with E-state index in [9.17, 15) is 15.0 Å². The number of rotatable bonds is 7. The van der Waals surface area contributed by atoms with Crippen molar-refractivity contribution < 1.29 is 19.7 Å². The van der Waals surface area contributed by atoms with Crippen molar-refractivity contribution in [2.75, 3.05) is 13.3 Å². The Bertz CT molecular complexity index is 1100. The SMILES string of the molecule is O=C(c1ccccc1)C1(NCc2ccccc2)N=CN=C2C1=NCN2[C@H]1C[C@H](O)[C@@H](CO)O1. The number of ketones is 1. The van der Waals surface area contributed by atoms with Gasteiger partial charge in [0.05, 0.1) is 12.7 Å². The fourth-order valence-corrected chi connectivity index (χ4v) is 4.36. The van der Waals surface area contributed by atoms with E-state index in [4.69, 9.17) is 4.74 Å². The number of amidine groups is 1. The molecule has 9 nitrogen and oxygen atoms in total. The first-order valence-corrected chi connectivity index (χ1v) is 10.9. The summed E-state index contributed by atoms with van der Waals surface area (Å²) in [4.78, 5) is 29.3. The molecule has 3 heterocycles. The third-order valence-corrected chi connectivity index (χ3v) is 6.13. The van der Waals surface area contributed by atoms with Crippen LogP contribution in [0.1, 0.15) is 22.3 Å². The molecule has 2 aromatic carbocycles. The lowest BCUT2D eigenvalue weighted by atomic mass is 9.91. The number of carbonyl (C=O) groups excluding carboxylic acids is 1. The lowest BCUT2D eigenvalue weighted by Gasteiger charge is -2.34. The monoisotopic (exact) mass is 447 g/mol. The van der Waals surface area contributed by atoms with Crippen molar-refractivity contribution in [3.8, 4) is 0 Å². The summed E-state index contributed by atoms with van der Waals surface area (Å²) in [5, 5.41) is 23.0. The predicted molar refractivity (Wildman–Crippen MR) is 123 cm³/mol. The van der Waals surface area contributed by atoms with Gasteiger partial charge in [-0.05, 0) is 5.56 Å². The third-order valence-electron chi connectivity index (χ3n) is 6.13. The van der Waals surface area contributed by atoms with Gasteiger partial charge in [-0.25, -0.2) is 9.98 Å². The summed E-state index contributed by atoms with van der Waals surface area (Å²) in [5.74, 6) is 0.245. The van der Waals surface area contributed by atoms with Crippen LogP contribution in [0.5, 0.6) is 0 Å². The molecule has 5 rings (SSSR count). The van der Waals surface area contributed by atoms with E-state index in [1.807, 2.05) is 48.5 Å². The predicted octanol–water partition coefficient (Wildman–Crippen LogP) is 0.978. The Balaban J connectivity index is 1.47. The molecular weight excluding hydrogens is 422 g/mol. The topological polar surface area (TPSA) is 119 Å². The van der Waals surface area contributed by atoms with Gasteiger partial charge in [-0.1, -0.05) is 60.7 Å². The van der Waals surface area contributed by atoms with Crippen LogP contribution < -0.4 is 5.32 Å². The van der Waals surface area contributed by atoms with E-state index >= 15 is 0 Å². The van der Waals surface area contributed by atoms with Crippen molar-refractivity contribution in [2.24, 2.45) is 15.0 Å². The van der Waals surface area contributed by atoms with Crippen LogP contribution in [-0.4, -0.2) is 76.2 Å². The maximum Gasteiger partial charge on any atom is 0.222 e. The summed E-state index contributed by atoms with van der Waals surface area (Å²) >= 11 is 0. The highest BCUT2D eigenvalue weighted by atomic mass is 16.5. The van der Waals surface area contributed by atoms with Crippen LogP contribution in [0.4, 0.5) is 0 Å². The molecule has 0 saturated carbocycles. The number of ether oxygens (including phenoxy) is 1. The summed E-state index contributed by atoms with van der Waals surface area (Å²) in [6.45, 7) is 0.334. The second kappa shape index (κ2) is 8.95. The fraction of sp³-hybridized carbons (Fsp3) is 0.333. The number of fused-ring (bicyclic) bond motifs is 1. The minimum Gasteiger partial charge on any atom is -0.394 e. The van der Waals surface area contributed by atoms with E-state index in [1.54, 1.807) is 17.0 Å². The van der Waals surface area contributed by atoms with Crippen molar-refractivity contribution in [3.63, 3.8) is 0 Å². The number of hydrogen-bond acceptors (Lipinski definition) is 9. The maximum atomic E-state index is 13.8. The average Bonchev–Trinajstić information content (AvgIpc) is 3.47. The number of hydrogen-bond donors (Lipinski definition) is 3. The molecule has 2 aromatic rings. The highest BCUT2D eigenvalue weighted by Crippen LogP contribution is 2.31. The van der Waals surface area contributed by atoms with Crippen molar-refractivity contribution in [3.05, 3.63) is 71.8 Å². The Kier molecular flexibility index (Phi) is 5.86. The molecule has 1 unspecified atom stereocenters. The lowest BCUT2D eigenvalue weighted by molar-refractivity contribution is -0.0560. The Morgan fingerprint density at radius 1 is 1.15 bits per heavy atom. The highest BCUT2D eigenvalue weighted by molar-refractivity contribution is 6.52. The van der Waals surface area contributed by atoms with Gasteiger partial charge in [0.25, 0.3) is 0 Å². The molecule has 0 spiro atoms. The number of benzene rings is 2. The van der Waals surface area contributed by atoms with E-state index in [0.29, 0.717) is 30.1 Å². The van der Waals surface area contributed by atoms with Gasteiger partial charge in [0.1, 0.15) is 31.1 Å². The summed E-state index contributed by atoms with van der Waals surface area (Å²) in [6, 6.07) is 18.7. The molecule has 1 fully saturated rings. The zero-order chi connectivity index (χ0) is 22.8. The van der Waals surface area contributed by atoms with Gasteiger partial charge in [-0.15, -0.1) is 0 Å². The first-order valence-electron chi connectivity index (χ1n) is 10.9. The number of nitrogens with one attached hydrogen (secondary N) is 1. The molecule has 3 aliphatic rings. The maximum absolute atomic E-state index is 13.8. The molecule has 3 N–H and O–H groups in total. The van der Waals surface area contributed by atoms with Gasteiger partial charge in [0.15, 0.2) is 5.84 Å². The number of Topliss-reactive ketones (excluding diaryl/α,β-unsaturated/α-hetero) is 1. The Labute approximate surface area is 191 Å². The molecule has 33 heavy (non-hydrogen) atoms. The molecule has 0 aliphatic carbocycles. The van der Waals surface area contributed by atoms with Crippen LogP contribution in [0.15, 0.2) is 75.6 Å². The van der Waals surface area contributed by atoms with Gasteiger partial charge in [0, 0.05) is 18.5 Å². The molecule has 170 valence electrons. The second-order valence-corrected chi connectivity index (χ2v) is 8.17. The lowest BCUT2D eigenvalue weighted by Crippen LogP contribution is -2.61. The zero-order valence-electron chi connectivity index (χ0n) is 17.9. The Morgan fingerprint density at radius 2 is 1.88 bits per heavy atom. The van der Waals surface area contributed by atoms with E-state index in [1.165, 1.54) is 6.34 Å². The molecule has 1 saturated heterocycles. The van der Waals surface area contributed by atoms with E-state index in [2.05, 4.69) is 20.3 Å². The number of nitrogens with zero attached hydrogens (tertiary/aromatic N) is 4. The van der Waals surface area contributed by atoms with Crippen LogP contribution in [0, 0.1) is 0 Å². The van der Waals surface area contributed by atoms with Gasteiger partial charge < -0.3 is 19.8 Å². The smallest absolute Gasteiger partial charge is 0.222 e. The highest BCUT2D eigenvalue weighted by Gasteiger charge is 2.52. The van der Waals surface area contributed by atoms with Crippen LogP contribution in [-0.2, 0) is 11.3 Å². The van der Waals surface area contributed by atoms with Gasteiger partial charge in [-0.2, -0.15) is 0 Å². The number of aliphatic hydroxyl groups excluding tert-OH is 2. The molecule has 4 atom stereocenters. The largest absolute Gasteiger partial charge is 0.394 e. The van der Waals surface area contributed by atoms with Crippen molar-refractivity contribution in [1.29, 1.82) is 0 Å². The van der Waals surface area contributed by atoms with Crippen molar-refractivity contribution in [1.82, 2.24) is 10.2 Å². The summed E-state index contributed by atoms with van der Waals surface area (Å²) < 4.78 is 5.82. The van der Waals surface area contributed by atoms with Gasteiger partial charge in [-0.3, -0.25) is 15.1 Å². The van der Waals surface area contributed by atoms with Crippen LogP contribution >= 0.6 is 0 Å². The van der Waals surface area contributed by atoms with Crippen LogP contribution in [0.2, 0.25) is 0 Å². The molecule has 0 radical (unpaired) electrons. The van der Waals surface area contributed by atoms with Crippen LogP contribution in [0.3, 0.4) is 0 Å². The van der Waals surface area contributed by atoms with E-state index in [-0.39, 0.29) is 19.1 Å². The summed E-state index contributed by atoms with van der Waals surface area (Å²) in [7, 11) is 0. The first-order chi connectivity index (χ1) is 16.1. The minimum atomic E-state index is -1.45. The van der Waals surface area contributed by atoms with E-state index in [0.717, 1.165) is 5.56 Å². The number of aliphatic imine (C=N–C) groups is 3. The average molecular weight is 447 g/mol. The molecular formula is C24H25N5O4. The van der Waals surface area contributed by atoms with Crippen molar-refractivity contribution in [2.45, 2.75) is 37.1 Å². The summed E-state index contributed by atoms with van der Waals surface area (Å²) in [6.07, 6.45) is -0.276. The fourth-order valence-electron chi connectivity index (χ4n) is 4.36. The summed E-state index contributed by atoms with van der Waals surface area (Å²) in [5.41, 5.74) is 0.475. The normalized spacial score (nSPS) is 28.4. The van der Waals surface area contributed by atoms with Crippen molar-refractivity contribution >= 4 is 23.7 Å². The van der Waals surface area contributed by atoms with E-state index < -0.39 is 24.1 Å². The molecule has 0 aromatic heterocycles. The quantitative estimate of drug-likeness (QED) is 0.545. The second-order valence-electron chi connectivity index (χ2n) is 8.17. The van der Waals surface area contributed by atoms with Gasteiger partial charge in [0.2, 0.25) is 11.4 Å². The number of carbonyl (C=O) groups is 1. The standard InChI is InChI=1S/C24H25N5O4/c30-13-19-18(31)11-20(33-19)29-15-26-21-23(29)25-14-28-24(21,22(32)17-9-5-2-6-10-17)27-12-16-7-3-1-4-8-16/h1-10,14,18-20,27,30-31H,11-13,15H2/t18-,19+,20+,24?/m0/s1. The Hall–Kier alpha value is -3.24. The number of aliphatic hydroxyl groups is 2. The minimum absolute atomic E-state index is 0.212. The third kappa shape index (κ3) is 3.89. The molecule has 3 aliphatic heterocycles. The Morgan fingerprint density at radius 3 is 2.58 bits per heavy atom. The first kappa shape index (κ1) is 21.6. The molecule has 9 heteroatoms. The molecule has 0 amide bonds. The zero-order valence-corrected chi connectivity index (χ0v) is 17.9.